The van der Waals surface area contributed by atoms with Crippen molar-refractivity contribution in [1.29, 1.82) is 0 Å². The third kappa shape index (κ3) is 14.4. The molecule has 0 heterocycles. The molecule has 0 radical (unpaired) electrons. The molecule has 0 aromatic heterocycles. The number of rotatable bonds is 20. The summed E-state index contributed by atoms with van der Waals surface area (Å²) in [6, 6.07) is 3.93. The van der Waals surface area contributed by atoms with Gasteiger partial charge in [0, 0.05) is 5.57 Å². The summed E-state index contributed by atoms with van der Waals surface area (Å²) in [6.07, 6.45) is 19.8. The summed E-state index contributed by atoms with van der Waals surface area (Å²) in [6.45, 7) is 8.63. The summed E-state index contributed by atoms with van der Waals surface area (Å²) in [5, 5.41) is 9.52. The molecular formula is C25H50O2Si. The van der Waals surface area contributed by atoms with E-state index in [0.29, 0.717) is 5.57 Å². The van der Waals surface area contributed by atoms with Crippen molar-refractivity contribution in [2.45, 2.75) is 142 Å². The number of aliphatic carboxylic acids is 1. The zero-order valence-electron chi connectivity index (χ0n) is 19.7. The predicted octanol–water partition coefficient (Wildman–Crippen LogP) is 8.92. The summed E-state index contributed by atoms with van der Waals surface area (Å²) in [4.78, 5) is 11.6. The second kappa shape index (κ2) is 18.5. The first-order chi connectivity index (χ1) is 13.5. The molecule has 0 aliphatic rings. The van der Waals surface area contributed by atoms with Gasteiger partial charge < -0.3 is 5.11 Å². The van der Waals surface area contributed by atoms with E-state index in [1.807, 2.05) is 6.92 Å². The highest BCUT2D eigenvalue weighted by molar-refractivity contribution is 6.84. The van der Waals surface area contributed by atoms with E-state index in [9.17, 15) is 9.90 Å². The van der Waals surface area contributed by atoms with E-state index >= 15 is 0 Å². The van der Waals surface area contributed by atoms with Crippen LogP contribution in [0.1, 0.15) is 124 Å². The number of hydrogen-bond acceptors (Lipinski definition) is 1. The number of carboxylic acids is 1. The molecule has 0 rings (SSSR count). The SMILES string of the molecule is CCCCCCC[Si](C=C(C)C(=O)O)(CCCCCCC)CCCCCCC. The molecule has 0 saturated carbocycles. The van der Waals surface area contributed by atoms with Crippen molar-refractivity contribution in [3.8, 4) is 0 Å². The fraction of sp³-hybridized carbons (Fsp3) is 0.880. The second-order valence-electron chi connectivity index (χ2n) is 8.99. The van der Waals surface area contributed by atoms with Crippen LogP contribution in [0.2, 0.25) is 18.1 Å². The smallest absolute Gasteiger partial charge is 0.330 e. The van der Waals surface area contributed by atoms with Gasteiger partial charge in [-0.3, -0.25) is 0 Å². The third-order valence-corrected chi connectivity index (χ3v) is 11.3. The number of carboxylic acid groups (broad SMARTS) is 1. The van der Waals surface area contributed by atoms with Gasteiger partial charge in [-0.05, 0) is 6.92 Å². The zero-order valence-corrected chi connectivity index (χ0v) is 20.7. The molecule has 28 heavy (non-hydrogen) atoms. The predicted molar refractivity (Wildman–Crippen MR) is 128 cm³/mol. The Bertz CT molecular complexity index is 367. The van der Waals surface area contributed by atoms with Crippen LogP contribution < -0.4 is 0 Å². The number of unbranched alkanes of at least 4 members (excludes halogenated alkanes) is 12. The molecule has 2 nitrogen and oxygen atoms in total. The van der Waals surface area contributed by atoms with Crippen molar-refractivity contribution in [1.82, 2.24) is 0 Å². The lowest BCUT2D eigenvalue weighted by molar-refractivity contribution is -0.132. The lowest BCUT2D eigenvalue weighted by Crippen LogP contribution is -2.33. The molecule has 0 aliphatic carbocycles. The molecular weight excluding hydrogens is 360 g/mol. The molecule has 0 amide bonds. The summed E-state index contributed by atoms with van der Waals surface area (Å²) in [5.74, 6) is -0.708. The molecule has 0 aromatic carbocycles. The van der Waals surface area contributed by atoms with Crippen LogP contribution >= 0.6 is 0 Å². The van der Waals surface area contributed by atoms with Gasteiger partial charge in [0.1, 0.15) is 0 Å². The Morgan fingerprint density at radius 1 is 0.643 bits per heavy atom. The van der Waals surface area contributed by atoms with E-state index in [2.05, 4.69) is 26.5 Å². The minimum absolute atomic E-state index is 0.613. The first-order valence-corrected chi connectivity index (χ1v) is 15.1. The van der Waals surface area contributed by atoms with Gasteiger partial charge in [0.15, 0.2) is 0 Å². The topological polar surface area (TPSA) is 37.3 Å². The van der Waals surface area contributed by atoms with Crippen LogP contribution in [0.15, 0.2) is 11.3 Å². The molecule has 0 aromatic rings. The minimum Gasteiger partial charge on any atom is -0.478 e. The van der Waals surface area contributed by atoms with E-state index in [1.54, 1.807) is 0 Å². The number of hydrogen-bond donors (Lipinski definition) is 1. The summed E-state index contributed by atoms with van der Waals surface area (Å²) in [5.41, 5.74) is 2.91. The maximum absolute atomic E-state index is 11.6. The molecule has 0 unspecified atom stereocenters. The molecule has 0 atom stereocenters. The van der Waals surface area contributed by atoms with Gasteiger partial charge in [0.25, 0.3) is 0 Å². The van der Waals surface area contributed by atoms with Crippen LogP contribution in [0.3, 0.4) is 0 Å². The molecule has 0 saturated heterocycles. The van der Waals surface area contributed by atoms with E-state index < -0.39 is 14.0 Å². The van der Waals surface area contributed by atoms with Crippen LogP contribution in [-0.2, 0) is 4.79 Å². The average molecular weight is 411 g/mol. The van der Waals surface area contributed by atoms with E-state index in [0.717, 1.165) is 0 Å². The Balaban J connectivity index is 5.02. The van der Waals surface area contributed by atoms with E-state index in [-0.39, 0.29) is 0 Å². The van der Waals surface area contributed by atoms with Crippen molar-refractivity contribution in [3.05, 3.63) is 11.3 Å². The lowest BCUT2D eigenvalue weighted by atomic mass is 10.2. The standard InChI is InChI=1S/C25H50O2Si/c1-5-8-11-14-17-20-28(23-24(4)25(26)27,21-18-15-12-9-6-2)22-19-16-13-10-7-3/h23H,5-22H2,1-4H3,(H,26,27). The molecule has 1 N–H and O–H groups in total. The van der Waals surface area contributed by atoms with Crippen LogP contribution in [0.5, 0.6) is 0 Å². The highest BCUT2D eigenvalue weighted by atomic mass is 28.3. The fourth-order valence-corrected chi connectivity index (χ4v) is 9.44. The molecule has 3 heteroatoms. The highest BCUT2D eigenvalue weighted by Gasteiger charge is 2.30. The Morgan fingerprint density at radius 2 is 0.964 bits per heavy atom. The molecule has 166 valence electrons. The molecule has 0 bridgehead atoms. The van der Waals surface area contributed by atoms with Gasteiger partial charge in [-0.15, -0.1) is 0 Å². The Labute approximate surface area is 177 Å². The van der Waals surface area contributed by atoms with Gasteiger partial charge in [-0.25, -0.2) is 4.79 Å². The largest absolute Gasteiger partial charge is 0.478 e. The van der Waals surface area contributed by atoms with Crippen molar-refractivity contribution in [3.63, 3.8) is 0 Å². The maximum Gasteiger partial charge on any atom is 0.330 e. The van der Waals surface area contributed by atoms with Crippen molar-refractivity contribution < 1.29 is 9.90 Å². The zero-order chi connectivity index (χ0) is 21.1. The van der Waals surface area contributed by atoms with Crippen LogP contribution in [0.25, 0.3) is 0 Å². The summed E-state index contributed by atoms with van der Waals surface area (Å²) >= 11 is 0. The molecule has 0 fully saturated rings. The monoisotopic (exact) mass is 410 g/mol. The Morgan fingerprint density at radius 3 is 1.25 bits per heavy atom. The van der Waals surface area contributed by atoms with Gasteiger partial charge in [-0.1, -0.05) is 141 Å². The average Bonchev–Trinajstić information content (AvgIpc) is 2.67. The van der Waals surface area contributed by atoms with Crippen LogP contribution in [0, 0.1) is 0 Å². The second-order valence-corrected chi connectivity index (χ2v) is 13.5. The fourth-order valence-electron chi connectivity index (χ4n) is 4.35. The first kappa shape index (κ1) is 27.4. The van der Waals surface area contributed by atoms with E-state index in [4.69, 9.17) is 0 Å². The Hall–Kier alpha value is -0.573. The highest BCUT2D eigenvalue weighted by Crippen LogP contribution is 2.32. The third-order valence-electron chi connectivity index (χ3n) is 6.19. The van der Waals surface area contributed by atoms with Gasteiger partial charge in [-0.2, -0.15) is 0 Å². The summed E-state index contributed by atoms with van der Waals surface area (Å²) in [7, 11) is -1.64. The molecule has 0 spiro atoms. The van der Waals surface area contributed by atoms with Gasteiger partial charge in [0.05, 0.1) is 8.07 Å². The molecule has 0 aliphatic heterocycles. The summed E-state index contributed by atoms with van der Waals surface area (Å²) < 4.78 is 0. The van der Waals surface area contributed by atoms with Crippen LogP contribution in [0.4, 0.5) is 0 Å². The lowest BCUT2D eigenvalue weighted by Gasteiger charge is -2.30. The van der Waals surface area contributed by atoms with Crippen molar-refractivity contribution in [2.24, 2.45) is 0 Å². The van der Waals surface area contributed by atoms with Gasteiger partial charge in [0.2, 0.25) is 0 Å². The minimum atomic E-state index is -1.64. The number of carbonyl (C=O) groups is 1. The maximum atomic E-state index is 11.6. The Kier molecular flexibility index (Phi) is 18.1. The quantitative estimate of drug-likeness (QED) is 0.123. The normalized spacial score (nSPS) is 12.5. The first-order valence-electron chi connectivity index (χ1n) is 12.4. The van der Waals surface area contributed by atoms with Gasteiger partial charge >= 0.3 is 5.97 Å². The van der Waals surface area contributed by atoms with Crippen molar-refractivity contribution >= 4 is 14.0 Å². The van der Waals surface area contributed by atoms with Crippen molar-refractivity contribution in [2.75, 3.05) is 0 Å². The van der Waals surface area contributed by atoms with Crippen LogP contribution in [-0.4, -0.2) is 19.1 Å². The van der Waals surface area contributed by atoms with E-state index in [1.165, 1.54) is 114 Å².